The Hall–Kier alpha value is -3.80. The summed E-state index contributed by atoms with van der Waals surface area (Å²) >= 11 is 0. The predicted octanol–water partition coefficient (Wildman–Crippen LogP) is 6.04. The molecule has 3 aromatic carbocycles. The van der Waals surface area contributed by atoms with Crippen LogP contribution in [0.4, 0.5) is 5.69 Å². The Kier molecular flexibility index (Phi) is 6.94. The van der Waals surface area contributed by atoms with Crippen LogP contribution in [0.3, 0.4) is 0 Å². The molecule has 1 amide bonds. The molecule has 1 aromatic heterocycles. The zero-order valence-electron chi connectivity index (χ0n) is 21.2. The van der Waals surface area contributed by atoms with Crippen molar-refractivity contribution in [3.8, 4) is 11.5 Å². The second kappa shape index (κ2) is 10.4. The summed E-state index contributed by atoms with van der Waals surface area (Å²) < 4.78 is 13.9. The van der Waals surface area contributed by atoms with Gasteiger partial charge in [-0.25, -0.2) is 4.98 Å². The van der Waals surface area contributed by atoms with Gasteiger partial charge in [-0.1, -0.05) is 36.4 Å². The van der Waals surface area contributed by atoms with Crippen molar-refractivity contribution >= 4 is 22.6 Å². The van der Waals surface area contributed by atoms with Gasteiger partial charge in [-0.2, -0.15) is 0 Å². The highest BCUT2D eigenvalue weighted by Gasteiger charge is 2.35. The van der Waals surface area contributed by atoms with Gasteiger partial charge in [0, 0.05) is 25.4 Å². The van der Waals surface area contributed by atoms with Crippen LogP contribution in [0.25, 0.3) is 11.0 Å². The quantitative estimate of drug-likeness (QED) is 0.272. The van der Waals surface area contributed by atoms with Crippen LogP contribution in [0.1, 0.15) is 42.1 Å². The van der Waals surface area contributed by atoms with Crippen LogP contribution < -0.4 is 14.4 Å². The molecule has 1 aliphatic heterocycles. The first kappa shape index (κ1) is 23.9. The van der Waals surface area contributed by atoms with Crippen molar-refractivity contribution in [1.82, 2.24) is 9.55 Å². The number of imidazole rings is 1. The highest BCUT2D eigenvalue weighted by Crippen LogP contribution is 2.37. The Balaban J connectivity index is 1.31. The number of benzene rings is 3. The molecule has 0 saturated carbocycles. The number of nitrogens with zero attached hydrogens (tertiary/aromatic N) is 3. The topological polar surface area (TPSA) is 56.6 Å². The number of methoxy groups -OCH3 is 1. The van der Waals surface area contributed by atoms with Crippen LogP contribution in [0, 0.1) is 13.8 Å². The molecule has 4 aromatic rings. The molecule has 0 aliphatic carbocycles. The fourth-order valence-corrected chi connectivity index (χ4v) is 5.04. The lowest BCUT2D eigenvalue weighted by molar-refractivity contribution is -0.117. The second-order valence-electron chi connectivity index (χ2n) is 9.44. The lowest BCUT2D eigenvalue weighted by Crippen LogP contribution is -2.25. The van der Waals surface area contributed by atoms with Gasteiger partial charge in [-0.3, -0.25) is 4.79 Å². The van der Waals surface area contributed by atoms with Crippen molar-refractivity contribution in [2.75, 3.05) is 25.2 Å². The van der Waals surface area contributed by atoms with Crippen LogP contribution in [0.15, 0.2) is 66.7 Å². The SMILES string of the molecule is COc1ccccc1N1CC(c2nc3ccccc3n2CCCCOc2cccc(C)c2C)CC1=O. The fourth-order valence-electron chi connectivity index (χ4n) is 5.04. The number of hydrogen-bond acceptors (Lipinski definition) is 4. The van der Waals surface area contributed by atoms with E-state index in [0.717, 1.165) is 47.7 Å². The van der Waals surface area contributed by atoms with Gasteiger partial charge < -0.3 is 18.9 Å². The molecule has 6 heteroatoms. The van der Waals surface area contributed by atoms with Crippen LogP contribution in [0.5, 0.6) is 11.5 Å². The molecule has 0 spiro atoms. The molecule has 5 rings (SSSR count). The molecule has 1 fully saturated rings. The smallest absolute Gasteiger partial charge is 0.227 e. The molecule has 0 bridgehead atoms. The molecule has 6 nitrogen and oxygen atoms in total. The van der Waals surface area contributed by atoms with Crippen LogP contribution in [0.2, 0.25) is 0 Å². The van der Waals surface area contributed by atoms with Gasteiger partial charge in [0.05, 0.1) is 30.4 Å². The first-order chi connectivity index (χ1) is 17.6. The van der Waals surface area contributed by atoms with E-state index in [4.69, 9.17) is 14.5 Å². The molecule has 2 heterocycles. The van der Waals surface area contributed by atoms with Crippen molar-refractivity contribution in [2.24, 2.45) is 0 Å². The lowest BCUT2D eigenvalue weighted by atomic mass is 10.1. The van der Waals surface area contributed by atoms with Crippen molar-refractivity contribution < 1.29 is 14.3 Å². The van der Waals surface area contributed by atoms with Crippen molar-refractivity contribution in [1.29, 1.82) is 0 Å². The number of unbranched alkanes of at least 4 members (excludes halogenated alkanes) is 1. The van der Waals surface area contributed by atoms with Crippen LogP contribution >= 0.6 is 0 Å². The summed E-state index contributed by atoms with van der Waals surface area (Å²) in [5.74, 6) is 2.79. The predicted molar refractivity (Wildman–Crippen MR) is 143 cm³/mol. The number of amides is 1. The number of aryl methyl sites for hydroxylation is 2. The van der Waals surface area contributed by atoms with Gasteiger partial charge in [0.25, 0.3) is 0 Å². The van der Waals surface area contributed by atoms with Gasteiger partial charge >= 0.3 is 0 Å². The average Bonchev–Trinajstić information content (AvgIpc) is 3.46. The zero-order chi connectivity index (χ0) is 25.1. The standard InChI is InChI=1S/C30H33N3O3/c1-21-11-10-16-27(22(21)2)36-18-9-8-17-32-25-13-5-4-12-24(25)31-30(32)23-19-29(34)33(20-23)26-14-6-7-15-28(26)35-3/h4-7,10-16,23H,8-9,17-20H2,1-3H3. The highest BCUT2D eigenvalue weighted by molar-refractivity contribution is 5.97. The summed E-state index contributed by atoms with van der Waals surface area (Å²) in [4.78, 5) is 19.9. The van der Waals surface area contributed by atoms with E-state index in [-0.39, 0.29) is 11.8 Å². The van der Waals surface area contributed by atoms with E-state index < -0.39 is 0 Å². The number of para-hydroxylation sites is 4. The summed E-state index contributed by atoms with van der Waals surface area (Å²) in [6, 6.07) is 22.1. The molecule has 1 unspecified atom stereocenters. The molecule has 1 saturated heterocycles. The molecule has 186 valence electrons. The largest absolute Gasteiger partial charge is 0.495 e. The summed E-state index contributed by atoms with van der Waals surface area (Å²) in [6.45, 7) is 6.32. The maximum Gasteiger partial charge on any atom is 0.227 e. The first-order valence-electron chi connectivity index (χ1n) is 12.6. The molecule has 0 radical (unpaired) electrons. The van der Waals surface area contributed by atoms with Gasteiger partial charge in [0.2, 0.25) is 5.91 Å². The van der Waals surface area contributed by atoms with E-state index in [2.05, 4.69) is 36.6 Å². The maximum absolute atomic E-state index is 13.1. The summed E-state index contributed by atoms with van der Waals surface area (Å²) in [5.41, 5.74) is 5.36. The minimum Gasteiger partial charge on any atom is -0.495 e. The van der Waals surface area contributed by atoms with E-state index in [1.165, 1.54) is 11.1 Å². The average molecular weight is 484 g/mol. The highest BCUT2D eigenvalue weighted by atomic mass is 16.5. The Bertz CT molecular complexity index is 1380. The van der Waals surface area contributed by atoms with Gasteiger partial charge in [0.1, 0.15) is 17.3 Å². The van der Waals surface area contributed by atoms with E-state index in [0.29, 0.717) is 25.3 Å². The van der Waals surface area contributed by atoms with Crippen molar-refractivity contribution in [3.63, 3.8) is 0 Å². The third-order valence-electron chi connectivity index (χ3n) is 7.14. The molecule has 36 heavy (non-hydrogen) atoms. The molecular formula is C30H33N3O3. The number of carbonyl (C=O) groups excluding carboxylic acids is 1. The van der Waals surface area contributed by atoms with Crippen LogP contribution in [-0.2, 0) is 11.3 Å². The number of rotatable bonds is 9. The summed E-state index contributed by atoms with van der Waals surface area (Å²) in [6.07, 6.45) is 2.35. The minimum absolute atomic E-state index is 0.0287. The Morgan fingerprint density at radius 1 is 0.944 bits per heavy atom. The first-order valence-corrected chi connectivity index (χ1v) is 12.6. The normalized spacial score (nSPS) is 15.6. The van der Waals surface area contributed by atoms with Crippen molar-refractivity contribution in [3.05, 3.63) is 83.7 Å². The number of aromatic nitrogens is 2. The molecule has 1 aliphatic rings. The van der Waals surface area contributed by atoms with Crippen LogP contribution in [-0.4, -0.2) is 35.7 Å². The Morgan fingerprint density at radius 3 is 2.58 bits per heavy atom. The summed E-state index contributed by atoms with van der Waals surface area (Å²) in [5, 5.41) is 0. The third-order valence-corrected chi connectivity index (χ3v) is 7.14. The van der Waals surface area contributed by atoms with E-state index in [1.807, 2.05) is 53.4 Å². The molecule has 1 atom stereocenters. The molecular weight excluding hydrogens is 450 g/mol. The van der Waals surface area contributed by atoms with Crippen molar-refractivity contribution in [2.45, 2.75) is 45.6 Å². The fraction of sp³-hybridized carbons (Fsp3) is 0.333. The van der Waals surface area contributed by atoms with E-state index >= 15 is 0 Å². The number of carbonyl (C=O) groups is 1. The van der Waals surface area contributed by atoms with Gasteiger partial charge in [0.15, 0.2) is 0 Å². The third kappa shape index (κ3) is 4.68. The maximum atomic E-state index is 13.1. The van der Waals surface area contributed by atoms with E-state index in [1.54, 1.807) is 7.11 Å². The van der Waals surface area contributed by atoms with E-state index in [9.17, 15) is 4.79 Å². The number of ether oxygens (including phenoxy) is 2. The number of fused-ring (bicyclic) bond motifs is 1. The minimum atomic E-state index is 0.0287. The van der Waals surface area contributed by atoms with Gasteiger partial charge in [-0.15, -0.1) is 0 Å². The number of anilines is 1. The molecule has 0 N–H and O–H groups in total. The zero-order valence-corrected chi connectivity index (χ0v) is 21.2. The Labute approximate surface area is 212 Å². The van der Waals surface area contributed by atoms with Gasteiger partial charge in [-0.05, 0) is 68.1 Å². The lowest BCUT2D eigenvalue weighted by Gasteiger charge is -2.20. The monoisotopic (exact) mass is 483 g/mol. The number of hydrogen-bond donors (Lipinski definition) is 0. The Morgan fingerprint density at radius 2 is 1.72 bits per heavy atom. The summed E-state index contributed by atoms with van der Waals surface area (Å²) in [7, 11) is 1.64. The second-order valence-corrected chi connectivity index (χ2v) is 9.44.